The number of hydrogen-bond acceptors (Lipinski definition) is 4. The van der Waals surface area contributed by atoms with Crippen molar-refractivity contribution in [3.05, 3.63) is 75.3 Å². The molecule has 0 saturated heterocycles. The number of imidazole rings is 1. The average Bonchev–Trinajstić information content (AvgIpc) is 2.95. The lowest BCUT2D eigenvalue weighted by Crippen LogP contribution is -2.02. The highest BCUT2D eigenvalue weighted by molar-refractivity contribution is 9.10. The van der Waals surface area contributed by atoms with Gasteiger partial charge in [0.15, 0.2) is 0 Å². The Morgan fingerprint density at radius 1 is 1.27 bits per heavy atom. The van der Waals surface area contributed by atoms with Crippen molar-refractivity contribution in [1.29, 1.82) is 0 Å². The highest BCUT2D eigenvalue weighted by Crippen LogP contribution is 2.22. The van der Waals surface area contributed by atoms with Gasteiger partial charge in [-0.25, -0.2) is 4.98 Å². The van der Waals surface area contributed by atoms with Crippen LogP contribution in [0, 0.1) is 10.1 Å². The predicted molar refractivity (Wildman–Crippen MR) is 85.4 cm³/mol. The van der Waals surface area contributed by atoms with Gasteiger partial charge in [-0.1, -0.05) is 12.1 Å². The molecule has 6 nitrogen and oxygen atoms in total. The second-order valence-corrected chi connectivity index (χ2v) is 5.61. The fraction of sp³-hybridized carbons (Fsp3) is 0.0667. The SMILES string of the molecule is O=[N+]([O-])c1cccc(Cn2ccnc2-c2cncc(Br)c2)c1. The van der Waals surface area contributed by atoms with E-state index in [1.807, 2.05) is 22.9 Å². The summed E-state index contributed by atoms with van der Waals surface area (Å²) in [5.41, 5.74) is 1.81. The zero-order valence-electron chi connectivity index (χ0n) is 11.4. The quantitative estimate of drug-likeness (QED) is 0.526. The van der Waals surface area contributed by atoms with Crippen LogP contribution in [0.2, 0.25) is 0 Å². The molecule has 0 amide bonds. The Morgan fingerprint density at radius 3 is 2.91 bits per heavy atom. The zero-order chi connectivity index (χ0) is 15.5. The van der Waals surface area contributed by atoms with Crippen LogP contribution in [-0.4, -0.2) is 19.5 Å². The van der Waals surface area contributed by atoms with Crippen molar-refractivity contribution in [2.45, 2.75) is 6.54 Å². The molecule has 110 valence electrons. The Balaban J connectivity index is 1.93. The minimum Gasteiger partial charge on any atom is -0.327 e. The molecule has 0 saturated carbocycles. The number of nitro benzene ring substituents is 1. The molecule has 0 aliphatic rings. The topological polar surface area (TPSA) is 73.8 Å². The van der Waals surface area contributed by atoms with E-state index in [4.69, 9.17) is 0 Å². The number of rotatable bonds is 4. The van der Waals surface area contributed by atoms with Crippen LogP contribution in [0.3, 0.4) is 0 Å². The van der Waals surface area contributed by atoms with E-state index in [0.717, 1.165) is 21.4 Å². The molecule has 3 rings (SSSR count). The molecule has 0 radical (unpaired) electrons. The first-order chi connectivity index (χ1) is 10.6. The molecule has 0 fully saturated rings. The molecule has 1 aromatic carbocycles. The van der Waals surface area contributed by atoms with Gasteiger partial charge in [0.1, 0.15) is 5.82 Å². The summed E-state index contributed by atoms with van der Waals surface area (Å²) < 4.78 is 2.80. The van der Waals surface area contributed by atoms with Gasteiger partial charge in [-0.05, 0) is 27.6 Å². The molecule has 0 spiro atoms. The highest BCUT2D eigenvalue weighted by atomic mass is 79.9. The maximum atomic E-state index is 10.9. The summed E-state index contributed by atoms with van der Waals surface area (Å²) in [7, 11) is 0. The summed E-state index contributed by atoms with van der Waals surface area (Å²) in [6.45, 7) is 0.503. The van der Waals surface area contributed by atoms with Crippen LogP contribution in [0.15, 0.2) is 59.6 Å². The second-order valence-electron chi connectivity index (χ2n) is 4.70. The van der Waals surface area contributed by atoms with Gasteiger partial charge in [-0.3, -0.25) is 15.1 Å². The zero-order valence-corrected chi connectivity index (χ0v) is 13.0. The maximum Gasteiger partial charge on any atom is 0.269 e. The Bertz CT molecular complexity index is 832. The number of nitrogens with zero attached hydrogens (tertiary/aromatic N) is 4. The molecule has 22 heavy (non-hydrogen) atoms. The molecule has 0 aliphatic heterocycles. The third-order valence-corrected chi connectivity index (χ3v) is 3.59. The highest BCUT2D eigenvalue weighted by Gasteiger charge is 2.10. The van der Waals surface area contributed by atoms with E-state index in [9.17, 15) is 10.1 Å². The van der Waals surface area contributed by atoms with Gasteiger partial charge in [0, 0.05) is 53.5 Å². The number of hydrogen-bond donors (Lipinski definition) is 0. The van der Waals surface area contributed by atoms with Crippen LogP contribution in [0.4, 0.5) is 5.69 Å². The van der Waals surface area contributed by atoms with Crippen LogP contribution in [0.5, 0.6) is 0 Å². The number of nitro groups is 1. The van der Waals surface area contributed by atoms with E-state index in [1.165, 1.54) is 6.07 Å². The number of aromatic nitrogens is 3. The van der Waals surface area contributed by atoms with Gasteiger partial charge in [-0.2, -0.15) is 0 Å². The van der Waals surface area contributed by atoms with Crippen LogP contribution in [0.25, 0.3) is 11.4 Å². The first kappa shape index (κ1) is 14.4. The van der Waals surface area contributed by atoms with Gasteiger partial charge in [0.25, 0.3) is 5.69 Å². The van der Waals surface area contributed by atoms with Crippen LogP contribution in [0.1, 0.15) is 5.56 Å². The van der Waals surface area contributed by atoms with Gasteiger partial charge >= 0.3 is 0 Å². The van der Waals surface area contributed by atoms with Gasteiger partial charge in [0.2, 0.25) is 0 Å². The Labute approximate surface area is 134 Å². The van der Waals surface area contributed by atoms with E-state index in [1.54, 1.807) is 30.7 Å². The molecule has 0 unspecified atom stereocenters. The fourth-order valence-electron chi connectivity index (χ4n) is 2.20. The standard InChI is InChI=1S/C15H11BrN4O2/c16-13-7-12(8-17-9-13)15-18-4-5-19(15)10-11-2-1-3-14(6-11)20(21)22/h1-9H,10H2. The summed E-state index contributed by atoms with van der Waals surface area (Å²) in [4.78, 5) is 18.9. The largest absolute Gasteiger partial charge is 0.327 e. The first-order valence-electron chi connectivity index (χ1n) is 6.49. The van der Waals surface area contributed by atoms with Gasteiger partial charge in [-0.15, -0.1) is 0 Å². The number of non-ortho nitro benzene ring substituents is 1. The average molecular weight is 359 g/mol. The lowest BCUT2D eigenvalue weighted by atomic mass is 10.2. The predicted octanol–water partition coefficient (Wildman–Crippen LogP) is 3.66. The normalized spacial score (nSPS) is 10.6. The Hall–Kier alpha value is -2.54. The lowest BCUT2D eigenvalue weighted by molar-refractivity contribution is -0.384. The van der Waals surface area contributed by atoms with E-state index >= 15 is 0 Å². The van der Waals surface area contributed by atoms with Crippen molar-refractivity contribution in [2.24, 2.45) is 0 Å². The third kappa shape index (κ3) is 3.04. The van der Waals surface area contributed by atoms with Crippen LogP contribution < -0.4 is 0 Å². The summed E-state index contributed by atoms with van der Waals surface area (Å²) in [5.74, 6) is 0.764. The molecule has 0 aliphatic carbocycles. The number of halogens is 1. The van der Waals surface area contributed by atoms with Crippen molar-refractivity contribution in [2.75, 3.05) is 0 Å². The maximum absolute atomic E-state index is 10.9. The van der Waals surface area contributed by atoms with Crippen LogP contribution in [-0.2, 0) is 6.54 Å². The molecule has 2 aromatic heterocycles. The first-order valence-corrected chi connectivity index (χ1v) is 7.28. The third-order valence-electron chi connectivity index (χ3n) is 3.15. The molecule has 2 heterocycles. The van der Waals surface area contributed by atoms with Crippen molar-refractivity contribution in [3.8, 4) is 11.4 Å². The summed E-state index contributed by atoms with van der Waals surface area (Å²) >= 11 is 3.39. The Kier molecular flexibility index (Phi) is 3.97. The lowest BCUT2D eigenvalue weighted by Gasteiger charge is -2.08. The van der Waals surface area contributed by atoms with Gasteiger partial charge < -0.3 is 4.57 Å². The van der Waals surface area contributed by atoms with E-state index in [0.29, 0.717) is 6.54 Å². The van der Waals surface area contributed by atoms with Crippen molar-refractivity contribution >= 4 is 21.6 Å². The molecule has 0 bridgehead atoms. The molecule has 0 N–H and O–H groups in total. The molecular weight excluding hydrogens is 348 g/mol. The summed E-state index contributed by atoms with van der Waals surface area (Å²) in [5, 5.41) is 10.9. The molecular formula is C15H11BrN4O2. The minimum atomic E-state index is -0.392. The van der Waals surface area contributed by atoms with Crippen molar-refractivity contribution in [1.82, 2.24) is 14.5 Å². The summed E-state index contributed by atoms with van der Waals surface area (Å²) in [6, 6.07) is 8.53. The van der Waals surface area contributed by atoms with Crippen molar-refractivity contribution in [3.63, 3.8) is 0 Å². The number of pyridine rings is 1. The monoisotopic (exact) mass is 358 g/mol. The molecule has 3 aromatic rings. The Morgan fingerprint density at radius 2 is 2.14 bits per heavy atom. The van der Waals surface area contributed by atoms with Crippen LogP contribution >= 0.6 is 15.9 Å². The number of benzene rings is 1. The van der Waals surface area contributed by atoms with Crippen molar-refractivity contribution < 1.29 is 4.92 Å². The second kappa shape index (κ2) is 6.07. The minimum absolute atomic E-state index is 0.0864. The summed E-state index contributed by atoms with van der Waals surface area (Å²) in [6.07, 6.45) is 6.98. The molecule has 0 atom stereocenters. The van der Waals surface area contributed by atoms with E-state index in [-0.39, 0.29) is 5.69 Å². The van der Waals surface area contributed by atoms with E-state index in [2.05, 4.69) is 25.9 Å². The smallest absolute Gasteiger partial charge is 0.269 e. The fourth-order valence-corrected chi connectivity index (χ4v) is 2.56. The molecule has 7 heteroatoms. The van der Waals surface area contributed by atoms with E-state index < -0.39 is 4.92 Å². The van der Waals surface area contributed by atoms with Gasteiger partial charge in [0.05, 0.1) is 4.92 Å².